The number of hydrogen-bond acceptors (Lipinski definition) is 4. The van der Waals surface area contributed by atoms with Crippen molar-refractivity contribution in [3.05, 3.63) is 57.2 Å². The third-order valence-electron chi connectivity index (χ3n) is 3.17. The molecule has 0 radical (unpaired) electrons. The predicted molar refractivity (Wildman–Crippen MR) is 93.9 cm³/mol. The summed E-state index contributed by atoms with van der Waals surface area (Å²) in [4.78, 5) is 12.2. The van der Waals surface area contributed by atoms with Gasteiger partial charge in [0.2, 0.25) is 6.79 Å². The van der Waals surface area contributed by atoms with Gasteiger partial charge in [-0.2, -0.15) is 5.26 Å². The van der Waals surface area contributed by atoms with Gasteiger partial charge in [0.15, 0.2) is 11.5 Å². The molecule has 2 aromatic carbocycles. The van der Waals surface area contributed by atoms with Gasteiger partial charge in [0.25, 0.3) is 5.91 Å². The highest BCUT2D eigenvalue weighted by molar-refractivity contribution is 14.1. The number of hydrogen-bond donors (Lipinski definition) is 1. The number of nitrogens with one attached hydrogen (secondary N) is 1. The summed E-state index contributed by atoms with van der Waals surface area (Å²) in [5.74, 6) is 0.810. The Morgan fingerprint density at radius 3 is 2.65 bits per heavy atom. The summed E-state index contributed by atoms with van der Waals surface area (Å²) in [7, 11) is 0. The number of amides is 1. The standard InChI is InChI=1S/C17H11IN2O3/c18-13-2-4-14(5-3-13)20-17(21)12(9-19)7-11-1-6-15-16(8-11)23-10-22-15/h1-8H,10H2,(H,20,21)/b12-7+. The SMILES string of the molecule is N#C/C(=C\c1ccc2c(c1)OCO2)C(=O)Nc1ccc(I)cc1. The van der Waals surface area contributed by atoms with E-state index in [-0.39, 0.29) is 12.4 Å². The lowest BCUT2D eigenvalue weighted by atomic mass is 10.1. The second kappa shape index (κ2) is 6.71. The monoisotopic (exact) mass is 418 g/mol. The van der Waals surface area contributed by atoms with E-state index in [1.807, 2.05) is 18.2 Å². The van der Waals surface area contributed by atoms with Crippen LogP contribution in [0.3, 0.4) is 0 Å². The van der Waals surface area contributed by atoms with E-state index in [0.29, 0.717) is 22.7 Å². The Balaban J connectivity index is 1.80. The van der Waals surface area contributed by atoms with Gasteiger partial charge in [-0.15, -0.1) is 0 Å². The molecule has 3 rings (SSSR count). The maximum absolute atomic E-state index is 12.2. The molecule has 0 aliphatic carbocycles. The summed E-state index contributed by atoms with van der Waals surface area (Å²) < 4.78 is 11.6. The number of rotatable bonds is 3. The fourth-order valence-electron chi connectivity index (χ4n) is 2.05. The van der Waals surface area contributed by atoms with E-state index in [1.54, 1.807) is 30.3 Å². The Morgan fingerprint density at radius 2 is 1.91 bits per heavy atom. The van der Waals surface area contributed by atoms with Gasteiger partial charge in [-0.05, 0) is 70.6 Å². The molecule has 5 nitrogen and oxygen atoms in total. The normalized spacial score (nSPS) is 12.6. The minimum atomic E-state index is -0.452. The molecule has 0 saturated carbocycles. The molecule has 1 amide bonds. The van der Waals surface area contributed by atoms with E-state index in [2.05, 4.69) is 27.9 Å². The third kappa shape index (κ3) is 3.63. The zero-order valence-electron chi connectivity index (χ0n) is 11.9. The van der Waals surface area contributed by atoms with E-state index in [4.69, 9.17) is 9.47 Å². The molecular weight excluding hydrogens is 407 g/mol. The zero-order valence-corrected chi connectivity index (χ0v) is 14.0. The highest BCUT2D eigenvalue weighted by Crippen LogP contribution is 2.33. The number of carbonyl (C=O) groups is 1. The average molecular weight is 418 g/mol. The van der Waals surface area contributed by atoms with Crippen LogP contribution in [0, 0.1) is 14.9 Å². The molecule has 0 fully saturated rings. The van der Waals surface area contributed by atoms with Gasteiger partial charge < -0.3 is 14.8 Å². The fourth-order valence-corrected chi connectivity index (χ4v) is 2.41. The molecule has 114 valence electrons. The first-order valence-electron chi connectivity index (χ1n) is 6.74. The van der Waals surface area contributed by atoms with Crippen LogP contribution >= 0.6 is 22.6 Å². The molecular formula is C17H11IN2O3. The second-order valence-electron chi connectivity index (χ2n) is 4.74. The quantitative estimate of drug-likeness (QED) is 0.470. The van der Waals surface area contributed by atoms with Gasteiger partial charge in [-0.25, -0.2) is 0 Å². The van der Waals surface area contributed by atoms with Crippen molar-refractivity contribution in [1.29, 1.82) is 5.26 Å². The Labute approximate surface area is 146 Å². The van der Waals surface area contributed by atoms with Crippen molar-refractivity contribution in [2.75, 3.05) is 12.1 Å². The molecule has 1 heterocycles. The Bertz CT molecular complexity index is 823. The predicted octanol–water partition coefficient (Wildman–Crippen LogP) is 3.57. The van der Waals surface area contributed by atoms with Crippen LogP contribution in [0.4, 0.5) is 5.69 Å². The van der Waals surface area contributed by atoms with E-state index in [9.17, 15) is 10.1 Å². The number of nitrogens with zero attached hydrogens (tertiary/aromatic N) is 1. The molecule has 23 heavy (non-hydrogen) atoms. The largest absolute Gasteiger partial charge is 0.454 e. The summed E-state index contributed by atoms with van der Waals surface area (Å²) in [5.41, 5.74) is 1.35. The summed E-state index contributed by atoms with van der Waals surface area (Å²) in [6.45, 7) is 0.181. The second-order valence-corrected chi connectivity index (χ2v) is 5.99. The fraction of sp³-hybridized carbons (Fsp3) is 0.0588. The minimum Gasteiger partial charge on any atom is -0.454 e. The number of carbonyl (C=O) groups excluding carboxylic acids is 1. The van der Waals surface area contributed by atoms with E-state index < -0.39 is 5.91 Å². The molecule has 0 unspecified atom stereocenters. The number of anilines is 1. The van der Waals surface area contributed by atoms with Gasteiger partial charge >= 0.3 is 0 Å². The van der Waals surface area contributed by atoms with Gasteiger partial charge in [0.1, 0.15) is 11.6 Å². The van der Waals surface area contributed by atoms with Crippen molar-refractivity contribution in [2.24, 2.45) is 0 Å². The van der Waals surface area contributed by atoms with Gasteiger partial charge in [-0.1, -0.05) is 6.07 Å². The van der Waals surface area contributed by atoms with Crippen molar-refractivity contribution in [3.8, 4) is 17.6 Å². The smallest absolute Gasteiger partial charge is 0.266 e. The first kappa shape index (κ1) is 15.4. The third-order valence-corrected chi connectivity index (χ3v) is 3.89. The van der Waals surface area contributed by atoms with Crippen molar-refractivity contribution >= 4 is 40.3 Å². The lowest BCUT2D eigenvalue weighted by Gasteiger charge is -2.04. The molecule has 1 aliphatic heterocycles. The van der Waals surface area contributed by atoms with Crippen LogP contribution in [0.5, 0.6) is 11.5 Å². The number of halogens is 1. The van der Waals surface area contributed by atoms with Gasteiger partial charge in [-0.3, -0.25) is 4.79 Å². The molecule has 6 heteroatoms. The van der Waals surface area contributed by atoms with Crippen molar-refractivity contribution < 1.29 is 14.3 Å². The number of nitriles is 1. The first-order chi connectivity index (χ1) is 11.2. The number of fused-ring (bicyclic) bond motifs is 1. The molecule has 0 saturated heterocycles. The van der Waals surface area contributed by atoms with Crippen molar-refractivity contribution in [3.63, 3.8) is 0 Å². The Morgan fingerprint density at radius 1 is 1.17 bits per heavy atom. The number of benzene rings is 2. The van der Waals surface area contributed by atoms with E-state index >= 15 is 0 Å². The number of ether oxygens (including phenoxy) is 2. The lowest BCUT2D eigenvalue weighted by Crippen LogP contribution is -2.13. The van der Waals surface area contributed by atoms with Crippen LogP contribution in [0.1, 0.15) is 5.56 Å². The highest BCUT2D eigenvalue weighted by atomic mass is 127. The molecule has 0 aromatic heterocycles. The molecule has 0 atom stereocenters. The van der Waals surface area contributed by atoms with Crippen LogP contribution in [-0.2, 0) is 4.79 Å². The van der Waals surface area contributed by atoms with Crippen molar-refractivity contribution in [2.45, 2.75) is 0 Å². The summed E-state index contributed by atoms with van der Waals surface area (Å²) in [5, 5.41) is 11.9. The molecule has 0 spiro atoms. The van der Waals surface area contributed by atoms with Crippen LogP contribution in [0.25, 0.3) is 6.08 Å². The highest BCUT2D eigenvalue weighted by Gasteiger charge is 2.14. The summed E-state index contributed by atoms with van der Waals surface area (Å²) >= 11 is 2.18. The average Bonchev–Trinajstić information content (AvgIpc) is 3.02. The molecule has 0 bridgehead atoms. The molecule has 1 aliphatic rings. The van der Waals surface area contributed by atoms with E-state index in [0.717, 1.165) is 3.57 Å². The van der Waals surface area contributed by atoms with Gasteiger partial charge in [0.05, 0.1) is 0 Å². The van der Waals surface area contributed by atoms with Crippen LogP contribution in [-0.4, -0.2) is 12.7 Å². The van der Waals surface area contributed by atoms with Crippen LogP contribution in [0.15, 0.2) is 48.0 Å². The summed E-state index contributed by atoms with van der Waals surface area (Å²) in [6, 6.07) is 14.5. The lowest BCUT2D eigenvalue weighted by molar-refractivity contribution is -0.112. The Hall–Kier alpha value is -2.53. The minimum absolute atomic E-state index is 0.0161. The molecule has 2 aromatic rings. The van der Waals surface area contributed by atoms with Crippen LogP contribution < -0.4 is 14.8 Å². The van der Waals surface area contributed by atoms with E-state index in [1.165, 1.54) is 6.08 Å². The Kier molecular flexibility index (Phi) is 4.48. The topological polar surface area (TPSA) is 71.3 Å². The first-order valence-corrected chi connectivity index (χ1v) is 7.82. The maximum Gasteiger partial charge on any atom is 0.266 e. The zero-order chi connectivity index (χ0) is 16.2. The molecule has 1 N–H and O–H groups in total. The van der Waals surface area contributed by atoms with Crippen LogP contribution in [0.2, 0.25) is 0 Å². The van der Waals surface area contributed by atoms with Gasteiger partial charge in [0, 0.05) is 9.26 Å². The summed E-state index contributed by atoms with van der Waals surface area (Å²) in [6.07, 6.45) is 1.52. The van der Waals surface area contributed by atoms with Crippen molar-refractivity contribution in [1.82, 2.24) is 0 Å². The maximum atomic E-state index is 12.2.